The number of aliphatic hydroxyl groups excluding tert-OH is 1. The quantitative estimate of drug-likeness (QED) is 0.315. The van der Waals surface area contributed by atoms with Crippen LogP contribution in [0.1, 0.15) is 54.9 Å². The molecule has 0 amide bonds. The molecule has 0 aromatic rings. The number of hydrogen-bond donors (Lipinski definition) is 1. The molecule has 1 heterocycles. The fourth-order valence-corrected chi connectivity index (χ4v) is 7.45. The summed E-state index contributed by atoms with van der Waals surface area (Å²) in [6, 6.07) is 0. The maximum Gasteiger partial charge on any atom is 0.344 e. The number of hydrogen-bond acceptors (Lipinski definition) is 10. The van der Waals surface area contributed by atoms with Crippen LogP contribution in [0.25, 0.3) is 0 Å². The number of rotatable bonds is 6. The van der Waals surface area contributed by atoms with E-state index < -0.39 is 76.1 Å². The van der Waals surface area contributed by atoms with Crippen molar-refractivity contribution in [3.8, 4) is 0 Å². The van der Waals surface area contributed by atoms with Crippen molar-refractivity contribution in [2.45, 2.75) is 83.9 Å². The van der Waals surface area contributed by atoms with E-state index in [1.54, 1.807) is 19.9 Å². The first-order chi connectivity index (χ1) is 17.1. The third-order valence-corrected chi connectivity index (χ3v) is 8.73. The maximum atomic E-state index is 13.7. The highest BCUT2D eigenvalue weighted by Gasteiger charge is 2.89. The van der Waals surface area contributed by atoms with E-state index in [-0.39, 0.29) is 13.0 Å². The van der Waals surface area contributed by atoms with E-state index in [1.807, 2.05) is 19.9 Å². The Morgan fingerprint density at radius 2 is 1.84 bits per heavy atom. The summed E-state index contributed by atoms with van der Waals surface area (Å²) in [7, 11) is 1.39. The van der Waals surface area contributed by atoms with Crippen molar-refractivity contribution in [2.24, 2.45) is 23.2 Å². The molecule has 1 N–H and O–H groups in total. The lowest BCUT2D eigenvalue weighted by molar-refractivity contribution is -0.208. The van der Waals surface area contributed by atoms with Crippen molar-refractivity contribution in [1.82, 2.24) is 0 Å². The molecule has 0 aromatic carbocycles. The highest BCUT2D eigenvalue weighted by atomic mass is 16.6. The Hall–Kier alpha value is -2.72. The van der Waals surface area contributed by atoms with Crippen LogP contribution in [0.4, 0.5) is 0 Å². The van der Waals surface area contributed by atoms with Crippen LogP contribution in [-0.2, 0) is 42.9 Å². The van der Waals surface area contributed by atoms with Crippen LogP contribution in [0.15, 0.2) is 23.3 Å². The van der Waals surface area contributed by atoms with Gasteiger partial charge in [0.1, 0.15) is 18.3 Å². The summed E-state index contributed by atoms with van der Waals surface area (Å²) >= 11 is 0. The van der Waals surface area contributed by atoms with E-state index in [2.05, 4.69) is 0 Å². The van der Waals surface area contributed by atoms with Crippen LogP contribution < -0.4 is 0 Å². The second-order valence-electron chi connectivity index (χ2n) is 11.2. The Balaban J connectivity index is 2.03. The zero-order chi connectivity index (χ0) is 27.7. The Labute approximate surface area is 216 Å². The number of fused-ring (bicyclic) bond motifs is 3. The SMILES string of the molecule is COC12CC(COC(C)=O)=CC3C4C(C)(C)C4(OC(C)=O)C(OC(C)=O)C(C)C3(OC1=O)/C2=C/C(C)O. The average molecular weight is 521 g/mol. The topological polar surface area (TPSA) is 135 Å². The molecule has 37 heavy (non-hydrogen) atoms. The summed E-state index contributed by atoms with van der Waals surface area (Å²) in [5, 5.41) is 10.5. The molecular formula is C27H36O10. The van der Waals surface area contributed by atoms with Gasteiger partial charge in [0.25, 0.3) is 0 Å². The van der Waals surface area contributed by atoms with Crippen LogP contribution in [0.3, 0.4) is 0 Å². The third-order valence-electron chi connectivity index (χ3n) is 8.73. The number of aliphatic hydroxyl groups is 1. The predicted octanol–water partition coefficient (Wildman–Crippen LogP) is 2.02. The molecule has 3 aliphatic carbocycles. The molecule has 10 nitrogen and oxygen atoms in total. The number of esters is 4. The van der Waals surface area contributed by atoms with Gasteiger partial charge in [0.05, 0.1) is 6.10 Å². The van der Waals surface area contributed by atoms with Crippen LogP contribution >= 0.6 is 0 Å². The summed E-state index contributed by atoms with van der Waals surface area (Å²) in [5.74, 6) is -3.92. The second-order valence-corrected chi connectivity index (χ2v) is 11.2. The summed E-state index contributed by atoms with van der Waals surface area (Å²) in [4.78, 5) is 50.1. The smallest absolute Gasteiger partial charge is 0.344 e. The van der Waals surface area contributed by atoms with Gasteiger partial charge in [0.2, 0.25) is 0 Å². The van der Waals surface area contributed by atoms with E-state index in [0.29, 0.717) is 11.1 Å². The summed E-state index contributed by atoms with van der Waals surface area (Å²) in [6.45, 7) is 11.0. The molecular weight excluding hydrogens is 484 g/mol. The molecule has 204 valence electrons. The Morgan fingerprint density at radius 3 is 2.35 bits per heavy atom. The fourth-order valence-electron chi connectivity index (χ4n) is 7.45. The van der Waals surface area contributed by atoms with Crippen LogP contribution in [0.5, 0.6) is 0 Å². The molecule has 2 saturated carbocycles. The lowest BCUT2D eigenvalue weighted by atomic mass is 9.62. The van der Waals surface area contributed by atoms with E-state index in [9.17, 15) is 24.3 Å². The fraction of sp³-hybridized carbons (Fsp3) is 0.704. The second kappa shape index (κ2) is 8.66. The summed E-state index contributed by atoms with van der Waals surface area (Å²) in [6.07, 6.45) is 1.60. The van der Waals surface area contributed by atoms with Gasteiger partial charge >= 0.3 is 23.9 Å². The van der Waals surface area contributed by atoms with Gasteiger partial charge in [-0.2, -0.15) is 0 Å². The number of methoxy groups -OCH3 is 1. The zero-order valence-electron chi connectivity index (χ0n) is 22.6. The molecule has 1 spiro atoms. The van der Waals surface area contributed by atoms with Crippen LogP contribution in [0, 0.1) is 23.2 Å². The minimum atomic E-state index is -1.59. The lowest BCUT2D eigenvalue weighted by Crippen LogP contribution is -2.61. The Bertz CT molecular complexity index is 1100. The molecule has 4 rings (SSSR count). The number of carbonyl (C=O) groups excluding carboxylic acids is 4. The first kappa shape index (κ1) is 27.3. The van der Waals surface area contributed by atoms with Crippen molar-refractivity contribution >= 4 is 23.9 Å². The Morgan fingerprint density at radius 1 is 1.19 bits per heavy atom. The van der Waals surface area contributed by atoms with Gasteiger partial charge in [-0.05, 0) is 18.6 Å². The summed E-state index contributed by atoms with van der Waals surface area (Å²) in [5.41, 5.74) is -3.79. The van der Waals surface area contributed by atoms with Gasteiger partial charge in [0.15, 0.2) is 11.2 Å². The molecule has 8 atom stereocenters. The summed E-state index contributed by atoms with van der Waals surface area (Å²) < 4.78 is 29.3. The van der Waals surface area contributed by atoms with Crippen molar-refractivity contribution in [3.05, 3.63) is 23.3 Å². The third kappa shape index (κ3) is 3.59. The largest absolute Gasteiger partial charge is 0.461 e. The monoisotopic (exact) mass is 520 g/mol. The van der Waals surface area contributed by atoms with Gasteiger partial charge in [-0.25, -0.2) is 4.79 Å². The van der Waals surface area contributed by atoms with E-state index in [1.165, 1.54) is 27.9 Å². The molecule has 8 unspecified atom stereocenters. The maximum absolute atomic E-state index is 13.7. The van der Waals surface area contributed by atoms with Crippen LogP contribution in [-0.4, -0.2) is 71.7 Å². The van der Waals surface area contributed by atoms with Gasteiger partial charge in [0, 0.05) is 63.0 Å². The standard InChI is InChI=1S/C27H36O10/c1-13(28)9-20-25(33-8)11-18(12-34-15(3)29)10-19-21-24(6,7)27(21,36-17(5)31)22(35-16(4)30)14(2)26(19,20)37-23(25)32/h9-10,13-14,19,21-22,28H,11-12H2,1-8H3/b20-9+. The molecule has 10 heteroatoms. The number of ether oxygens (including phenoxy) is 5. The van der Waals surface area contributed by atoms with Crippen molar-refractivity contribution < 1.29 is 48.0 Å². The van der Waals surface area contributed by atoms with Crippen LogP contribution in [0.2, 0.25) is 0 Å². The zero-order valence-corrected chi connectivity index (χ0v) is 22.6. The molecule has 0 aromatic heterocycles. The van der Waals surface area contributed by atoms with Gasteiger partial charge in [-0.15, -0.1) is 0 Å². The predicted molar refractivity (Wildman–Crippen MR) is 128 cm³/mol. The molecule has 1 saturated heterocycles. The average Bonchev–Trinajstić information content (AvgIpc) is 3.19. The first-order valence-corrected chi connectivity index (χ1v) is 12.5. The lowest BCUT2D eigenvalue weighted by Gasteiger charge is -2.49. The van der Waals surface area contributed by atoms with Gasteiger partial charge in [-0.1, -0.05) is 26.8 Å². The van der Waals surface area contributed by atoms with E-state index in [4.69, 9.17) is 23.7 Å². The molecule has 4 aliphatic rings. The van der Waals surface area contributed by atoms with E-state index >= 15 is 0 Å². The molecule has 3 fully saturated rings. The minimum absolute atomic E-state index is 0.0328. The molecule has 1 aliphatic heterocycles. The normalized spacial score (nSPS) is 40.8. The minimum Gasteiger partial charge on any atom is -0.461 e. The number of carbonyl (C=O) groups is 4. The van der Waals surface area contributed by atoms with Crippen molar-refractivity contribution in [3.63, 3.8) is 0 Å². The molecule has 2 bridgehead atoms. The highest BCUT2D eigenvalue weighted by Crippen LogP contribution is 2.78. The molecule has 0 radical (unpaired) electrons. The Kier molecular flexibility index (Phi) is 6.39. The van der Waals surface area contributed by atoms with Crippen molar-refractivity contribution in [2.75, 3.05) is 13.7 Å². The van der Waals surface area contributed by atoms with E-state index in [0.717, 1.165) is 0 Å². The van der Waals surface area contributed by atoms with Gasteiger partial charge < -0.3 is 28.8 Å². The highest BCUT2D eigenvalue weighted by molar-refractivity contribution is 5.90. The van der Waals surface area contributed by atoms with Crippen molar-refractivity contribution in [1.29, 1.82) is 0 Å². The first-order valence-electron chi connectivity index (χ1n) is 12.5. The van der Waals surface area contributed by atoms with Gasteiger partial charge in [-0.3, -0.25) is 14.4 Å².